The van der Waals surface area contributed by atoms with Crippen molar-refractivity contribution in [2.24, 2.45) is 10.9 Å². The van der Waals surface area contributed by atoms with Gasteiger partial charge in [-0.1, -0.05) is 24.9 Å². The van der Waals surface area contributed by atoms with Crippen LogP contribution in [0.4, 0.5) is 0 Å². The third-order valence-electron chi connectivity index (χ3n) is 3.75. The summed E-state index contributed by atoms with van der Waals surface area (Å²) >= 11 is 0. The van der Waals surface area contributed by atoms with Gasteiger partial charge in [0.15, 0.2) is 5.84 Å². The molecule has 0 spiro atoms. The second-order valence-corrected chi connectivity index (χ2v) is 5.07. The number of amidine groups is 1. The molecule has 6 heteroatoms. The zero-order valence-electron chi connectivity index (χ0n) is 12.0. The molecular formula is C13H26N4O2. The maximum absolute atomic E-state index is 12.0. The number of carbonyl (C=O) groups excluding carboxylic acids is 1. The molecule has 1 aliphatic heterocycles. The van der Waals surface area contributed by atoms with Gasteiger partial charge in [-0.25, -0.2) is 0 Å². The van der Waals surface area contributed by atoms with Crippen LogP contribution in [0.25, 0.3) is 0 Å². The summed E-state index contributed by atoms with van der Waals surface area (Å²) in [4.78, 5) is 16.0. The van der Waals surface area contributed by atoms with Crippen molar-refractivity contribution in [3.63, 3.8) is 0 Å². The molecular weight excluding hydrogens is 244 g/mol. The van der Waals surface area contributed by atoms with Gasteiger partial charge in [0, 0.05) is 32.6 Å². The molecule has 1 heterocycles. The Morgan fingerprint density at radius 2 is 1.95 bits per heavy atom. The Morgan fingerprint density at radius 3 is 2.47 bits per heavy atom. The molecule has 1 saturated heterocycles. The topological polar surface area (TPSA) is 82.2 Å². The van der Waals surface area contributed by atoms with Gasteiger partial charge in [0.05, 0.1) is 6.04 Å². The van der Waals surface area contributed by atoms with Crippen LogP contribution < -0.4 is 5.73 Å². The second kappa shape index (κ2) is 7.99. The average Bonchev–Trinajstić information content (AvgIpc) is 2.46. The molecule has 0 aromatic heterocycles. The summed E-state index contributed by atoms with van der Waals surface area (Å²) < 4.78 is 0. The van der Waals surface area contributed by atoms with Crippen molar-refractivity contribution in [1.82, 2.24) is 9.80 Å². The SMILES string of the molecule is CCCCCC(=O)N1CCN(C(C)C(N)=NO)CC1. The zero-order valence-corrected chi connectivity index (χ0v) is 12.0. The van der Waals surface area contributed by atoms with E-state index in [-0.39, 0.29) is 17.8 Å². The van der Waals surface area contributed by atoms with E-state index in [0.717, 1.165) is 45.4 Å². The van der Waals surface area contributed by atoms with Gasteiger partial charge in [-0.15, -0.1) is 0 Å². The Balaban J connectivity index is 2.34. The van der Waals surface area contributed by atoms with Crippen LogP contribution in [0, 0.1) is 0 Å². The first kappa shape index (κ1) is 15.8. The van der Waals surface area contributed by atoms with Crippen molar-refractivity contribution in [2.45, 2.75) is 45.6 Å². The smallest absolute Gasteiger partial charge is 0.222 e. The van der Waals surface area contributed by atoms with Crippen molar-refractivity contribution in [2.75, 3.05) is 26.2 Å². The van der Waals surface area contributed by atoms with Crippen LogP contribution in [0.15, 0.2) is 5.16 Å². The van der Waals surface area contributed by atoms with Crippen LogP contribution in [-0.2, 0) is 4.79 Å². The van der Waals surface area contributed by atoms with Crippen LogP contribution in [0.1, 0.15) is 39.5 Å². The molecule has 1 fully saturated rings. The van der Waals surface area contributed by atoms with Gasteiger partial charge in [0.1, 0.15) is 0 Å². The minimum Gasteiger partial charge on any atom is -0.409 e. The molecule has 6 nitrogen and oxygen atoms in total. The summed E-state index contributed by atoms with van der Waals surface area (Å²) in [5, 5.41) is 11.7. The van der Waals surface area contributed by atoms with Gasteiger partial charge >= 0.3 is 0 Å². The second-order valence-electron chi connectivity index (χ2n) is 5.07. The molecule has 0 aliphatic carbocycles. The van der Waals surface area contributed by atoms with E-state index in [0.29, 0.717) is 6.42 Å². The Hall–Kier alpha value is -1.30. The van der Waals surface area contributed by atoms with Crippen molar-refractivity contribution < 1.29 is 10.0 Å². The van der Waals surface area contributed by atoms with Crippen molar-refractivity contribution in [3.8, 4) is 0 Å². The first-order valence-corrected chi connectivity index (χ1v) is 7.09. The molecule has 19 heavy (non-hydrogen) atoms. The van der Waals surface area contributed by atoms with Crippen LogP contribution >= 0.6 is 0 Å². The van der Waals surface area contributed by atoms with E-state index in [1.807, 2.05) is 11.8 Å². The number of nitrogens with two attached hydrogens (primary N) is 1. The van der Waals surface area contributed by atoms with E-state index in [1.165, 1.54) is 0 Å². The summed E-state index contributed by atoms with van der Waals surface area (Å²) in [5.74, 6) is 0.479. The molecule has 0 radical (unpaired) electrons. The van der Waals surface area contributed by atoms with E-state index in [2.05, 4.69) is 17.0 Å². The number of hydrogen-bond donors (Lipinski definition) is 2. The van der Waals surface area contributed by atoms with E-state index < -0.39 is 0 Å². The third-order valence-corrected chi connectivity index (χ3v) is 3.75. The normalized spacial score (nSPS) is 19.5. The largest absolute Gasteiger partial charge is 0.409 e. The summed E-state index contributed by atoms with van der Waals surface area (Å²) in [5.41, 5.74) is 5.60. The molecule has 1 amide bonds. The van der Waals surface area contributed by atoms with E-state index in [9.17, 15) is 4.79 Å². The minimum atomic E-state index is -0.0812. The molecule has 110 valence electrons. The lowest BCUT2D eigenvalue weighted by Gasteiger charge is -2.37. The highest BCUT2D eigenvalue weighted by molar-refractivity contribution is 5.84. The first-order valence-electron chi connectivity index (χ1n) is 7.09. The lowest BCUT2D eigenvalue weighted by molar-refractivity contribution is -0.133. The molecule has 1 unspecified atom stereocenters. The van der Waals surface area contributed by atoms with Crippen LogP contribution in [0.2, 0.25) is 0 Å². The predicted molar refractivity (Wildman–Crippen MR) is 75.2 cm³/mol. The predicted octanol–water partition coefficient (Wildman–Crippen LogP) is 0.846. The zero-order chi connectivity index (χ0) is 14.3. The molecule has 1 aliphatic rings. The van der Waals surface area contributed by atoms with Gasteiger partial charge < -0.3 is 15.8 Å². The molecule has 1 atom stereocenters. The van der Waals surface area contributed by atoms with Gasteiger partial charge in [-0.05, 0) is 13.3 Å². The van der Waals surface area contributed by atoms with Crippen molar-refractivity contribution in [1.29, 1.82) is 0 Å². The summed E-state index contributed by atoms with van der Waals surface area (Å²) in [6, 6.07) is -0.0812. The molecule has 0 bridgehead atoms. The fourth-order valence-corrected chi connectivity index (χ4v) is 2.31. The fraction of sp³-hybridized carbons (Fsp3) is 0.846. The fourth-order valence-electron chi connectivity index (χ4n) is 2.31. The van der Waals surface area contributed by atoms with Crippen LogP contribution in [0.5, 0.6) is 0 Å². The van der Waals surface area contributed by atoms with Gasteiger partial charge in [-0.2, -0.15) is 0 Å². The number of hydrogen-bond acceptors (Lipinski definition) is 4. The summed E-state index contributed by atoms with van der Waals surface area (Å²) in [6.45, 7) is 7.06. The first-order chi connectivity index (χ1) is 9.10. The number of piperazine rings is 1. The third kappa shape index (κ3) is 4.70. The maximum Gasteiger partial charge on any atom is 0.222 e. The standard InChI is InChI=1S/C13H26N4O2/c1-3-4-5-6-12(18)17-9-7-16(8-10-17)11(2)13(14)15-19/h11,19H,3-10H2,1-2H3,(H2,14,15). The Bertz CT molecular complexity index is 312. The lowest BCUT2D eigenvalue weighted by Crippen LogP contribution is -2.54. The molecule has 0 aromatic rings. The molecule has 3 N–H and O–H groups in total. The van der Waals surface area contributed by atoms with E-state index >= 15 is 0 Å². The van der Waals surface area contributed by atoms with Gasteiger partial charge in [0.25, 0.3) is 0 Å². The summed E-state index contributed by atoms with van der Waals surface area (Å²) in [6.07, 6.45) is 3.89. The monoisotopic (exact) mass is 270 g/mol. The number of rotatable bonds is 6. The summed E-state index contributed by atoms with van der Waals surface area (Å²) in [7, 11) is 0. The molecule has 0 saturated carbocycles. The van der Waals surface area contributed by atoms with Crippen LogP contribution in [-0.4, -0.2) is 59.0 Å². The number of carbonyl (C=O) groups is 1. The Labute approximate surface area is 115 Å². The minimum absolute atomic E-state index is 0.0812. The Morgan fingerprint density at radius 1 is 1.32 bits per heavy atom. The Kier molecular flexibility index (Phi) is 6.62. The number of unbranched alkanes of at least 4 members (excludes halogenated alkanes) is 2. The van der Waals surface area contributed by atoms with E-state index in [4.69, 9.17) is 10.9 Å². The van der Waals surface area contributed by atoms with Gasteiger partial charge in [0.2, 0.25) is 5.91 Å². The number of nitrogens with zero attached hydrogens (tertiary/aromatic N) is 3. The van der Waals surface area contributed by atoms with Crippen molar-refractivity contribution >= 4 is 11.7 Å². The lowest BCUT2D eigenvalue weighted by atomic mass is 10.1. The quantitative estimate of drug-likeness (QED) is 0.246. The highest BCUT2D eigenvalue weighted by Gasteiger charge is 2.25. The highest BCUT2D eigenvalue weighted by atomic mass is 16.4. The van der Waals surface area contributed by atoms with Gasteiger partial charge in [-0.3, -0.25) is 9.69 Å². The average molecular weight is 270 g/mol. The van der Waals surface area contributed by atoms with E-state index in [1.54, 1.807) is 0 Å². The highest BCUT2D eigenvalue weighted by Crippen LogP contribution is 2.09. The van der Waals surface area contributed by atoms with Crippen molar-refractivity contribution in [3.05, 3.63) is 0 Å². The van der Waals surface area contributed by atoms with Crippen LogP contribution in [0.3, 0.4) is 0 Å². The maximum atomic E-state index is 12.0. The number of amides is 1. The number of oxime groups is 1. The molecule has 1 rings (SSSR count). The molecule has 0 aromatic carbocycles.